The molecule has 7 aliphatic rings. The predicted molar refractivity (Wildman–Crippen MR) is 206 cm³/mol. The third-order valence-electron chi connectivity index (χ3n) is 14.3. The average Bonchev–Trinajstić information content (AvgIpc) is 3.68. The quantitative estimate of drug-likeness (QED) is 0.194. The number of carbonyl (C=O) groups excluding carboxylic acids is 1. The second-order valence-corrected chi connectivity index (χ2v) is 19.3. The van der Waals surface area contributed by atoms with E-state index in [9.17, 15) is 27.6 Å². The van der Waals surface area contributed by atoms with Crippen LogP contribution in [-0.2, 0) is 11.2 Å². The van der Waals surface area contributed by atoms with Gasteiger partial charge in [0, 0.05) is 66.4 Å². The molecular weight excluding hydrogens is 788 g/mol. The standard InChI is InChI=1S/C41H40ClF6N7OS/c42-26-12-24-32(31(45)30(26)23-4-5-27(44)33-29(23)25(14-49)34(50)57-33)51-28(6-9-40-8-3-11-55(40)15-22(43)13-40)52-35(24)53-10-2-1-7-37(19-53)20-54(21-37)36(56)38-16-39(17-38,18-38)41(46,47)48/h4-5,12,22H,1-3,6-11,13,15-21,50H2/t22-,38?,39?,40-/m1/s1. The molecule has 4 aliphatic heterocycles. The first-order valence-corrected chi connectivity index (χ1v) is 20.9. The SMILES string of the molecule is N#Cc1c(N)sc2c(F)ccc(-c3c(Cl)cc4c(N5CCCCC6(CN(C(=O)C78CC(C(F)(F)F)(C7)C8)C6)C5)nc(CC[C@@]56CCCN5C[C@H](F)C6)nc4c3F)c12. The van der Waals surface area contributed by atoms with Gasteiger partial charge in [-0.25, -0.2) is 23.1 Å². The maximum absolute atomic E-state index is 17.4. The van der Waals surface area contributed by atoms with E-state index in [1.165, 1.54) is 12.1 Å². The lowest BCUT2D eigenvalue weighted by atomic mass is 9.34. The van der Waals surface area contributed by atoms with Crippen LogP contribution in [0.15, 0.2) is 18.2 Å². The number of likely N-dealkylation sites (tertiary alicyclic amines) is 1. The van der Waals surface area contributed by atoms with Crippen molar-refractivity contribution in [2.24, 2.45) is 16.2 Å². The number of hydrogen-bond acceptors (Lipinski definition) is 8. The van der Waals surface area contributed by atoms with Crippen molar-refractivity contribution >= 4 is 60.7 Å². The van der Waals surface area contributed by atoms with Gasteiger partial charge in [0.2, 0.25) is 5.91 Å². The summed E-state index contributed by atoms with van der Waals surface area (Å²) in [6.45, 7) is 3.13. The molecule has 2 bridgehead atoms. The maximum Gasteiger partial charge on any atom is 0.394 e. The van der Waals surface area contributed by atoms with Crippen LogP contribution in [0.3, 0.4) is 0 Å². The van der Waals surface area contributed by atoms with Crippen LogP contribution in [0.2, 0.25) is 5.02 Å². The van der Waals surface area contributed by atoms with Gasteiger partial charge in [0.05, 0.1) is 26.1 Å². The minimum atomic E-state index is -4.29. The first kappa shape index (κ1) is 37.4. The average molecular weight is 828 g/mol. The molecule has 2 atom stereocenters. The van der Waals surface area contributed by atoms with Crippen LogP contribution in [0, 0.1) is 39.2 Å². The zero-order chi connectivity index (χ0) is 39.9. The summed E-state index contributed by atoms with van der Waals surface area (Å²) in [5.41, 5.74) is 3.07. The van der Waals surface area contributed by atoms with Crippen molar-refractivity contribution in [1.82, 2.24) is 19.8 Å². The summed E-state index contributed by atoms with van der Waals surface area (Å²) in [7, 11) is 0. The number of benzene rings is 2. The van der Waals surface area contributed by atoms with Crippen molar-refractivity contribution in [2.75, 3.05) is 49.9 Å². The number of nitrogens with zero attached hydrogens (tertiary/aromatic N) is 6. The summed E-state index contributed by atoms with van der Waals surface area (Å²) in [4.78, 5) is 29.5. The van der Waals surface area contributed by atoms with Crippen molar-refractivity contribution in [3.05, 3.63) is 46.2 Å². The summed E-state index contributed by atoms with van der Waals surface area (Å²) in [5, 5.41) is 10.6. The fourth-order valence-electron chi connectivity index (χ4n) is 11.7. The number of rotatable bonds is 6. The molecule has 1 spiro atoms. The Balaban J connectivity index is 1.02. The Morgan fingerprint density at radius 1 is 1.07 bits per heavy atom. The van der Waals surface area contributed by atoms with E-state index in [-0.39, 0.29) is 78.4 Å². The van der Waals surface area contributed by atoms with E-state index in [1.807, 2.05) is 6.07 Å². The van der Waals surface area contributed by atoms with E-state index in [0.29, 0.717) is 69.0 Å². The molecule has 2 aromatic carbocycles. The monoisotopic (exact) mass is 827 g/mol. The lowest BCUT2D eigenvalue weighted by Crippen LogP contribution is -2.75. The highest BCUT2D eigenvalue weighted by atomic mass is 35.5. The summed E-state index contributed by atoms with van der Waals surface area (Å²) in [5.74, 6) is -0.664. The molecule has 1 amide bonds. The maximum atomic E-state index is 17.4. The van der Waals surface area contributed by atoms with Gasteiger partial charge in [-0.15, -0.1) is 11.3 Å². The van der Waals surface area contributed by atoms with E-state index in [4.69, 9.17) is 27.3 Å². The minimum Gasteiger partial charge on any atom is -0.389 e. The molecule has 2 aromatic heterocycles. The topological polar surface area (TPSA) is 102 Å². The van der Waals surface area contributed by atoms with Crippen LogP contribution in [0.25, 0.3) is 32.1 Å². The summed E-state index contributed by atoms with van der Waals surface area (Å²) in [6, 6.07) is 6.24. The second kappa shape index (κ2) is 12.6. The Hall–Kier alpha value is -3.87. The summed E-state index contributed by atoms with van der Waals surface area (Å²) < 4.78 is 88.0. The molecule has 4 saturated heterocycles. The van der Waals surface area contributed by atoms with Gasteiger partial charge < -0.3 is 15.5 Å². The summed E-state index contributed by atoms with van der Waals surface area (Å²) >= 11 is 7.87. The molecule has 6 heterocycles. The van der Waals surface area contributed by atoms with Crippen molar-refractivity contribution in [2.45, 2.75) is 88.5 Å². The zero-order valence-electron chi connectivity index (χ0n) is 31.1. The van der Waals surface area contributed by atoms with Crippen LogP contribution >= 0.6 is 22.9 Å². The highest BCUT2D eigenvalue weighted by molar-refractivity contribution is 7.23. The number of thiophene rings is 1. The van der Waals surface area contributed by atoms with Gasteiger partial charge in [-0.3, -0.25) is 9.69 Å². The molecule has 8 nitrogen and oxygen atoms in total. The number of fused-ring (bicyclic) bond motifs is 3. The number of hydrogen-bond donors (Lipinski definition) is 1. The molecule has 300 valence electrons. The Morgan fingerprint density at radius 2 is 1.84 bits per heavy atom. The van der Waals surface area contributed by atoms with Crippen molar-refractivity contribution in [3.63, 3.8) is 0 Å². The molecule has 0 unspecified atom stereocenters. The van der Waals surface area contributed by atoms with Crippen LogP contribution in [0.1, 0.15) is 75.6 Å². The number of anilines is 2. The number of nitrogen functional groups attached to an aromatic ring is 1. The normalized spacial score (nSPS) is 29.3. The number of aryl methyl sites for hydroxylation is 1. The molecular formula is C41H40ClF6N7OS. The predicted octanol–water partition coefficient (Wildman–Crippen LogP) is 8.96. The van der Waals surface area contributed by atoms with E-state index in [1.54, 1.807) is 11.0 Å². The van der Waals surface area contributed by atoms with E-state index in [2.05, 4.69) is 9.80 Å². The molecule has 3 saturated carbocycles. The van der Waals surface area contributed by atoms with Gasteiger partial charge in [0.1, 0.15) is 40.2 Å². The number of alkyl halides is 4. The van der Waals surface area contributed by atoms with Crippen molar-refractivity contribution in [3.8, 4) is 17.2 Å². The van der Waals surface area contributed by atoms with Gasteiger partial charge in [-0.1, -0.05) is 24.1 Å². The van der Waals surface area contributed by atoms with Gasteiger partial charge in [0.25, 0.3) is 0 Å². The molecule has 7 fully saturated rings. The Morgan fingerprint density at radius 3 is 2.58 bits per heavy atom. The van der Waals surface area contributed by atoms with Crippen LogP contribution in [-0.4, -0.2) is 82.8 Å². The van der Waals surface area contributed by atoms with Crippen molar-refractivity contribution < 1.29 is 31.1 Å². The van der Waals surface area contributed by atoms with Gasteiger partial charge in [-0.2, -0.15) is 18.4 Å². The van der Waals surface area contributed by atoms with Crippen LogP contribution in [0.5, 0.6) is 0 Å². The number of carbonyl (C=O) groups is 1. The lowest BCUT2D eigenvalue weighted by molar-refractivity contribution is -0.354. The molecule has 16 heteroatoms. The highest BCUT2D eigenvalue weighted by Gasteiger charge is 2.81. The second-order valence-electron chi connectivity index (χ2n) is 17.9. The third kappa shape index (κ3) is 5.44. The van der Waals surface area contributed by atoms with Crippen LogP contribution < -0.4 is 10.6 Å². The fourth-order valence-corrected chi connectivity index (χ4v) is 12.9. The minimum absolute atomic E-state index is 0.00933. The van der Waals surface area contributed by atoms with E-state index < -0.39 is 34.8 Å². The number of halogens is 7. The lowest BCUT2D eigenvalue weighted by Gasteiger charge is -2.70. The highest BCUT2D eigenvalue weighted by Crippen LogP contribution is 2.79. The largest absolute Gasteiger partial charge is 0.394 e. The number of amides is 1. The first-order valence-electron chi connectivity index (χ1n) is 19.7. The number of aromatic nitrogens is 2. The van der Waals surface area contributed by atoms with E-state index in [0.717, 1.165) is 50.0 Å². The number of nitrogens with two attached hydrogens (primary N) is 1. The molecule has 2 N–H and O–H groups in total. The Labute approximate surface area is 333 Å². The smallest absolute Gasteiger partial charge is 0.389 e. The molecule has 57 heavy (non-hydrogen) atoms. The van der Waals surface area contributed by atoms with Gasteiger partial charge >= 0.3 is 6.18 Å². The first-order chi connectivity index (χ1) is 27.1. The number of nitriles is 1. The van der Waals surface area contributed by atoms with Gasteiger partial charge in [0.15, 0.2) is 5.82 Å². The molecule has 11 rings (SSSR count). The molecule has 0 radical (unpaired) electrons. The third-order valence-corrected chi connectivity index (χ3v) is 15.6. The van der Waals surface area contributed by atoms with Gasteiger partial charge in [-0.05, 0) is 82.0 Å². The van der Waals surface area contributed by atoms with Crippen molar-refractivity contribution in [1.29, 1.82) is 5.26 Å². The Bertz CT molecular complexity index is 2410. The molecule has 3 aliphatic carbocycles. The summed E-state index contributed by atoms with van der Waals surface area (Å²) in [6.07, 6.45) is 0.0898. The Kier molecular flexibility index (Phi) is 8.25. The molecule has 4 aromatic rings. The zero-order valence-corrected chi connectivity index (χ0v) is 32.6. The van der Waals surface area contributed by atoms with Crippen LogP contribution in [0.4, 0.5) is 37.2 Å². The fraction of sp³-hybridized carbons (Fsp3) is 0.561. The van der Waals surface area contributed by atoms with E-state index >= 15 is 8.78 Å².